The average molecular weight is 212 g/mol. The molecule has 1 aromatic heterocycles. The summed E-state index contributed by atoms with van der Waals surface area (Å²) in [6.07, 6.45) is 1.79. The third-order valence-corrected chi connectivity index (χ3v) is 2.65. The van der Waals surface area contributed by atoms with Crippen molar-refractivity contribution < 1.29 is 4.74 Å². The summed E-state index contributed by atoms with van der Waals surface area (Å²) >= 11 is 0. The summed E-state index contributed by atoms with van der Waals surface area (Å²) in [5.41, 5.74) is 2.01. The minimum Gasteiger partial charge on any atom is -0.480 e. The monoisotopic (exact) mass is 212 g/mol. The van der Waals surface area contributed by atoms with Gasteiger partial charge in [0.2, 0.25) is 0 Å². The van der Waals surface area contributed by atoms with Crippen LogP contribution in [0.4, 0.5) is 5.69 Å². The second kappa shape index (κ2) is 3.85. The first-order chi connectivity index (χ1) is 7.93. The van der Waals surface area contributed by atoms with Crippen molar-refractivity contribution in [2.75, 3.05) is 11.9 Å². The molecule has 0 saturated carbocycles. The van der Waals surface area contributed by atoms with Gasteiger partial charge in [0.1, 0.15) is 5.75 Å². The predicted octanol–water partition coefficient (Wildman–Crippen LogP) is 2.63. The number of aromatic nitrogens is 1. The number of nitrogens with one attached hydrogen (secondary N) is 1. The topological polar surface area (TPSA) is 34.1 Å². The molecule has 16 heavy (non-hydrogen) atoms. The van der Waals surface area contributed by atoms with E-state index in [1.165, 1.54) is 0 Å². The van der Waals surface area contributed by atoms with Crippen molar-refractivity contribution in [2.45, 2.75) is 6.10 Å². The van der Waals surface area contributed by atoms with Gasteiger partial charge in [0.25, 0.3) is 0 Å². The van der Waals surface area contributed by atoms with E-state index in [-0.39, 0.29) is 6.10 Å². The van der Waals surface area contributed by atoms with Crippen LogP contribution < -0.4 is 10.1 Å². The standard InChI is InChI=1S/C13H12N2O/c1-2-7-12-10(5-1)15-9-13(16-12)11-6-3-4-8-14-11/h1-8,13,15H,9H2. The maximum absolute atomic E-state index is 5.89. The lowest BCUT2D eigenvalue weighted by molar-refractivity contribution is 0.205. The van der Waals surface area contributed by atoms with Crippen LogP contribution in [0.1, 0.15) is 11.8 Å². The maximum Gasteiger partial charge on any atom is 0.158 e. The highest BCUT2D eigenvalue weighted by Crippen LogP contribution is 2.32. The van der Waals surface area contributed by atoms with E-state index in [2.05, 4.69) is 10.3 Å². The number of hydrogen-bond acceptors (Lipinski definition) is 3. The Hall–Kier alpha value is -2.03. The minimum absolute atomic E-state index is 0.00361. The first-order valence-corrected chi connectivity index (χ1v) is 5.34. The lowest BCUT2D eigenvalue weighted by atomic mass is 10.1. The molecule has 3 rings (SSSR count). The van der Waals surface area contributed by atoms with Crippen molar-refractivity contribution in [1.82, 2.24) is 4.98 Å². The maximum atomic E-state index is 5.89. The molecule has 0 saturated heterocycles. The van der Waals surface area contributed by atoms with Gasteiger partial charge < -0.3 is 10.1 Å². The molecule has 3 heteroatoms. The van der Waals surface area contributed by atoms with Crippen LogP contribution >= 0.6 is 0 Å². The molecule has 1 atom stereocenters. The summed E-state index contributed by atoms with van der Waals surface area (Å²) in [4.78, 5) is 4.31. The molecule has 2 heterocycles. The normalized spacial score (nSPS) is 18.1. The van der Waals surface area contributed by atoms with Crippen molar-refractivity contribution in [3.8, 4) is 5.75 Å². The zero-order valence-electron chi connectivity index (χ0n) is 8.76. The fourth-order valence-electron chi connectivity index (χ4n) is 1.84. The van der Waals surface area contributed by atoms with Gasteiger partial charge in [0, 0.05) is 6.20 Å². The summed E-state index contributed by atoms with van der Waals surface area (Å²) < 4.78 is 5.89. The third-order valence-electron chi connectivity index (χ3n) is 2.65. The molecule has 1 aliphatic heterocycles. The van der Waals surface area contributed by atoms with Crippen LogP contribution in [0.2, 0.25) is 0 Å². The highest BCUT2D eigenvalue weighted by molar-refractivity contribution is 5.57. The smallest absolute Gasteiger partial charge is 0.158 e. The number of benzene rings is 1. The van der Waals surface area contributed by atoms with Crippen LogP contribution in [0.3, 0.4) is 0 Å². The van der Waals surface area contributed by atoms with Gasteiger partial charge in [-0.05, 0) is 24.3 Å². The van der Waals surface area contributed by atoms with Crippen molar-refractivity contribution in [3.63, 3.8) is 0 Å². The van der Waals surface area contributed by atoms with Crippen LogP contribution in [0.5, 0.6) is 5.75 Å². The van der Waals surface area contributed by atoms with E-state index in [1.54, 1.807) is 6.20 Å². The Morgan fingerprint density at radius 1 is 1.12 bits per heavy atom. The molecule has 0 aliphatic carbocycles. The van der Waals surface area contributed by atoms with Crippen LogP contribution in [0.15, 0.2) is 48.7 Å². The highest BCUT2D eigenvalue weighted by Gasteiger charge is 2.20. The van der Waals surface area contributed by atoms with E-state index in [1.807, 2.05) is 42.5 Å². The molecule has 0 amide bonds. The first kappa shape index (κ1) is 9.21. The quantitative estimate of drug-likeness (QED) is 0.789. The van der Waals surface area contributed by atoms with Crippen molar-refractivity contribution in [1.29, 1.82) is 0 Å². The van der Waals surface area contributed by atoms with E-state index in [4.69, 9.17) is 4.74 Å². The summed E-state index contributed by atoms with van der Waals surface area (Å²) in [6.45, 7) is 0.758. The van der Waals surface area contributed by atoms with Crippen LogP contribution in [0.25, 0.3) is 0 Å². The Kier molecular flexibility index (Phi) is 2.22. The van der Waals surface area contributed by atoms with Gasteiger partial charge in [-0.1, -0.05) is 18.2 Å². The second-order valence-electron chi connectivity index (χ2n) is 3.74. The van der Waals surface area contributed by atoms with Crippen molar-refractivity contribution >= 4 is 5.69 Å². The number of para-hydroxylation sites is 2. The van der Waals surface area contributed by atoms with Crippen molar-refractivity contribution in [3.05, 3.63) is 54.4 Å². The number of anilines is 1. The summed E-state index contributed by atoms with van der Waals surface area (Å²) in [6, 6.07) is 13.8. The zero-order valence-corrected chi connectivity index (χ0v) is 8.76. The fraction of sp³-hybridized carbons (Fsp3) is 0.154. The van der Waals surface area contributed by atoms with E-state index in [9.17, 15) is 0 Å². The van der Waals surface area contributed by atoms with Gasteiger partial charge >= 0.3 is 0 Å². The van der Waals surface area contributed by atoms with E-state index in [0.29, 0.717) is 0 Å². The zero-order chi connectivity index (χ0) is 10.8. The Labute approximate surface area is 94.1 Å². The van der Waals surface area contributed by atoms with Gasteiger partial charge in [-0.15, -0.1) is 0 Å². The van der Waals surface area contributed by atoms with E-state index in [0.717, 1.165) is 23.7 Å². The summed E-state index contributed by atoms with van der Waals surface area (Å²) in [5.74, 6) is 0.893. The molecule has 1 unspecified atom stereocenters. The van der Waals surface area contributed by atoms with Gasteiger partial charge in [0.15, 0.2) is 6.10 Å². The van der Waals surface area contributed by atoms with Gasteiger partial charge in [-0.25, -0.2) is 0 Å². The molecule has 0 spiro atoms. The number of rotatable bonds is 1. The minimum atomic E-state index is -0.00361. The van der Waals surface area contributed by atoms with Gasteiger partial charge in [-0.3, -0.25) is 4.98 Å². The first-order valence-electron chi connectivity index (χ1n) is 5.34. The molecule has 3 nitrogen and oxygen atoms in total. The Morgan fingerprint density at radius 2 is 2.00 bits per heavy atom. The van der Waals surface area contributed by atoms with Crippen molar-refractivity contribution in [2.24, 2.45) is 0 Å². The number of nitrogens with zero attached hydrogens (tertiary/aromatic N) is 1. The lowest BCUT2D eigenvalue weighted by Gasteiger charge is -2.26. The molecule has 1 aromatic carbocycles. The Morgan fingerprint density at radius 3 is 2.88 bits per heavy atom. The Balaban J connectivity index is 1.89. The van der Waals surface area contributed by atoms with Crippen LogP contribution in [0, 0.1) is 0 Å². The lowest BCUT2D eigenvalue weighted by Crippen LogP contribution is -2.24. The number of fused-ring (bicyclic) bond motifs is 1. The van der Waals surface area contributed by atoms with Gasteiger partial charge in [0.05, 0.1) is 17.9 Å². The predicted molar refractivity (Wildman–Crippen MR) is 62.5 cm³/mol. The largest absolute Gasteiger partial charge is 0.480 e. The van der Waals surface area contributed by atoms with Crippen LogP contribution in [-0.2, 0) is 0 Å². The summed E-state index contributed by atoms with van der Waals surface area (Å²) in [7, 11) is 0. The summed E-state index contributed by atoms with van der Waals surface area (Å²) in [5, 5.41) is 3.35. The molecule has 1 N–H and O–H groups in total. The van der Waals surface area contributed by atoms with E-state index < -0.39 is 0 Å². The number of ether oxygens (including phenoxy) is 1. The SMILES string of the molecule is c1ccc(C2CNc3ccccc3O2)nc1. The van der Waals surface area contributed by atoms with Crippen LogP contribution in [-0.4, -0.2) is 11.5 Å². The molecular weight excluding hydrogens is 200 g/mol. The van der Waals surface area contributed by atoms with E-state index >= 15 is 0 Å². The highest BCUT2D eigenvalue weighted by atomic mass is 16.5. The molecule has 1 aliphatic rings. The second-order valence-corrected chi connectivity index (χ2v) is 3.74. The van der Waals surface area contributed by atoms with Gasteiger partial charge in [-0.2, -0.15) is 0 Å². The number of pyridine rings is 1. The number of hydrogen-bond donors (Lipinski definition) is 1. The molecule has 0 bridgehead atoms. The molecule has 0 fully saturated rings. The molecule has 0 radical (unpaired) electrons. The third kappa shape index (κ3) is 1.60. The molecule has 2 aromatic rings. The molecule has 80 valence electrons. The average Bonchev–Trinajstić information content (AvgIpc) is 2.39. The Bertz CT molecular complexity index is 484. The molecular formula is C13H12N2O. The fourth-order valence-corrected chi connectivity index (χ4v) is 1.84.